The van der Waals surface area contributed by atoms with E-state index < -0.39 is 5.97 Å². The van der Waals surface area contributed by atoms with Gasteiger partial charge in [0, 0.05) is 17.0 Å². The fourth-order valence-corrected chi connectivity index (χ4v) is 2.92. The van der Waals surface area contributed by atoms with Gasteiger partial charge in [-0.15, -0.1) is 0 Å². The molecule has 0 aliphatic rings. The number of methoxy groups -OCH3 is 1. The second-order valence-corrected chi connectivity index (χ2v) is 6.19. The smallest absolute Gasteiger partial charge is 0.337 e. The summed E-state index contributed by atoms with van der Waals surface area (Å²) < 4.78 is 10.7. The van der Waals surface area contributed by atoms with Crippen molar-refractivity contribution in [2.24, 2.45) is 4.99 Å². The maximum atomic E-state index is 11.6. The summed E-state index contributed by atoms with van der Waals surface area (Å²) in [5, 5.41) is 11.2. The number of nitrogens with zero attached hydrogens (tertiary/aromatic N) is 1. The Morgan fingerprint density at radius 1 is 0.964 bits per heavy atom. The fourth-order valence-electron chi connectivity index (χ4n) is 2.92. The van der Waals surface area contributed by atoms with Crippen LogP contribution in [0, 0.1) is 0 Å². The third kappa shape index (κ3) is 3.50. The van der Waals surface area contributed by atoms with Crippen molar-refractivity contribution in [3.05, 3.63) is 89.8 Å². The highest BCUT2D eigenvalue weighted by Gasteiger charge is 2.08. The highest BCUT2D eigenvalue weighted by Crippen LogP contribution is 2.25. The predicted molar refractivity (Wildman–Crippen MR) is 106 cm³/mol. The highest BCUT2D eigenvalue weighted by molar-refractivity contribution is 5.89. The summed E-state index contributed by atoms with van der Waals surface area (Å²) in [6.45, 7) is 0. The van der Waals surface area contributed by atoms with Gasteiger partial charge < -0.3 is 14.3 Å². The van der Waals surface area contributed by atoms with Gasteiger partial charge in [-0.2, -0.15) is 0 Å². The van der Waals surface area contributed by atoms with Crippen LogP contribution in [0.1, 0.15) is 10.4 Å². The summed E-state index contributed by atoms with van der Waals surface area (Å²) in [6.07, 6.45) is 0. The van der Waals surface area contributed by atoms with E-state index in [9.17, 15) is 9.90 Å². The van der Waals surface area contributed by atoms with E-state index in [0.29, 0.717) is 33.3 Å². The summed E-state index contributed by atoms with van der Waals surface area (Å²) in [7, 11) is 1.35. The Morgan fingerprint density at radius 2 is 1.71 bits per heavy atom. The van der Waals surface area contributed by atoms with Crippen molar-refractivity contribution >= 4 is 22.6 Å². The number of carbonyl (C=O) groups is 1. The van der Waals surface area contributed by atoms with Gasteiger partial charge in [-0.3, -0.25) is 0 Å². The monoisotopic (exact) mass is 371 g/mol. The number of rotatable bonds is 3. The van der Waals surface area contributed by atoms with Crippen LogP contribution in [-0.2, 0) is 4.74 Å². The average Bonchev–Trinajstić information content (AvgIpc) is 2.74. The van der Waals surface area contributed by atoms with Gasteiger partial charge in [-0.1, -0.05) is 30.3 Å². The first kappa shape index (κ1) is 17.5. The van der Waals surface area contributed by atoms with Crippen LogP contribution < -0.4 is 5.36 Å². The van der Waals surface area contributed by atoms with Crippen LogP contribution in [0.3, 0.4) is 0 Å². The van der Waals surface area contributed by atoms with Gasteiger partial charge in [0.15, 0.2) is 0 Å². The Labute approximate surface area is 161 Å². The van der Waals surface area contributed by atoms with Crippen LogP contribution in [0.2, 0.25) is 0 Å². The molecular weight excluding hydrogens is 354 g/mol. The molecule has 1 heterocycles. The second kappa shape index (κ2) is 7.40. The SMILES string of the molecule is COC(=O)c1ccc(N=c2cc(-c3ccccc3)oc3ccc(O)cc23)cc1. The number of carbonyl (C=O) groups excluding carboxylic acids is 1. The summed E-state index contributed by atoms with van der Waals surface area (Å²) >= 11 is 0. The van der Waals surface area contributed by atoms with Crippen molar-refractivity contribution in [2.45, 2.75) is 0 Å². The maximum absolute atomic E-state index is 11.6. The van der Waals surface area contributed by atoms with Gasteiger partial charge in [-0.25, -0.2) is 9.79 Å². The summed E-state index contributed by atoms with van der Waals surface area (Å²) in [5.41, 5.74) is 2.67. The van der Waals surface area contributed by atoms with Crippen LogP contribution in [0.15, 0.2) is 88.3 Å². The molecule has 0 spiro atoms. The van der Waals surface area contributed by atoms with E-state index in [-0.39, 0.29) is 5.75 Å². The van der Waals surface area contributed by atoms with Crippen molar-refractivity contribution in [1.82, 2.24) is 0 Å². The molecule has 28 heavy (non-hydrogen) atoms. The first-order chi connectivity index (χ1) is 13.6. The molecule has 4 rings (SSSR count). The van der Waals surface area contributed by atoms with E-state index in [0.717, 1.165) is 5.56 Å². The molecule has 5 heteroatoms. The van der Waals surface area contributed by atoms with Gasteiger partial charge in [-0.05, 0) is 42.5 Å². The number of hydrogen-bond donors (Lipinski definition) is 1. The fraction of sp³-hybridized carbons (Fsp3) is 0.0435. The highest BCUT2D eigenvalue weighted by atomic mass is 16.5. The van der Waals surface area contributed by atoms with Crippen LogP contribution in [0.25, 0.3) is 22.3 Å². The normalized spacial score (nSPS) is 11.5. The zero-order valence-corrected chi connectivity index (χ0v) is 15.1. The van der Waals surface area contributed by atoms with Crippen molar-refractivity contribution in [3.8, 4) is 17.1 Å². The number of phenolic OH excluding ortho intramolecular Hbond substituents is 1. The molecule has 3 aromatic carbocycles. The lowest BCUT2D eigenvalue weighted by Gasteiger charge is -2.06. The van der Waals surface area contributed by atoms with Crippen LogP contribution in [-0.4, -0.2) is 18.2 Å². The second-order valence-electron chi connectivity index (χ2n) is 6.19. The summed E-state index contributed by atoms with van der Waals surface area (Å²) in [4.78, 5) is 16.3. The van der Waals surface area contributed by atoms with E-state index in [1.807, 2.05) is 36.4 Å². The standard InChI is InChI=1S/C23H17NO4/c1-27-23(26)16-7-9-17(10-8-16)24-20-14-22(15-5-3-2-4-6-15)28-21-12-11-18(25)13-19(20)21/h2-14,25H,1H3. The number of phenols is 1. The van der Waals surface area contributed by atoms with Crippen LogP contribution in [0.5, 0.6) is 5.75 Å². The number of hydrogen-bond acceptors (Lipinski definition) is 5. The third-order valence-corrected chi connectivity index (χ3v) is 4.32. The first-order valence-corrected chi connectivity index (χ1v) is 8.69. The maximum Gasteiger partial charge on any atom is 0.337 e. The number of esters is 1. The van der Waals surface area contributed by atoms with Crippen molar-refractivity contribution in [3.63, 3.8) is 0 Å². The Bertz CT molecular complexity index is 1210. The molecule has 0 radical (unpaired) electrons. The predicted octanol–water partition coefficient (Wildman–Crippen LogP) is 4.82. The van der Waals surface area contributed by atoms with Crippen LogP contribution >= 0.6 is 0 Å². The first-order valence-electron chi connectivity index (χ1n) is 8.69. The Balaban J connectivity index is 1.90. The molecular formula is C23H17NO4. The van der Waals surface area contributed by atoms with Gasteiger partial charge in [0.1, 0.15) is 17.1 Å². The lowest BCUT2D eigenvalue weighted by atomic mass is 10.1. The number of fused-ring (bicyclic) bond motifs is 1. The lowest BCUT2D eigenvalue weighted by molar-refractivity contribution is 0.0601. The molecule has 138 valence electrons. The molecule has 5 nitrogen and oxygen atoms in total. The van der Waals surface area contributed by atoms with E-state index >= 15 is 0 Å². The lowest BCUT2D eigenvalue weighted by Crippen LogP contribution is -2.03. The number of aromatic hydroxyl groups is 1. The van der Waals surface area contributed by atoms with Crippen molar-refractivity contribution in [1.29, 1.82) is 0 Å². The third-order valence-electron chi connectivity index (χ3n) is 4.32. The minimum atomic E-state index is -0.396. The number of ether oxygens (including phenoxy) is 1. The molecule has 0 aliphatic heterocycles. The molecule has 1 N–H and O–H groups in total. The van der Waals surface area contributed by atoms with Crippen molar-refractivity contribution < 1.29 is 19.1 Å². The van der Waals surface area contributed by atoms with Gasteiger partial charge in [0.2, 0.25) is 0 Å². The topological polar surface area (TPSA) is 72.0 Å². The summed E-state index contributed by atoms with van der Waals surface area (Å²) in [5.74, 6) is 0.406. The quantitative estimate of drug-likeness (QED) is 0.524. The zero-order valence-electron chi connectivity index (χ0n) is 15.1. The van der Waals surface area contributed by atoms with Gasteiger partial charge in [0.05, 0.1) is 23.7 Å². The Kier molecular flexibility index (Phi) is 4.64. The molecule has 0 bridgehead atoms. The minimum Gasteiger partial charge on any atom is -0.508 e. The molecule has 0 saturated carbocycles. The molecule has 0 fully saturated rings. The van der Waals surface area contributed by atoms with Gasteiger partial charge in [0.25, 0.3) is 0 Å². The van der Waals surface area contributed by atoms with Gasteiger partial charge >= 0.3 is 5.97 Å². The van der Waals surface area contributed by atoms with E-state index in [4.69, 9.17) is 14.1 Å². The van der Waals surface area contributed by atoms with Crippen LogP contribution in [0.4, 0.5) is 5.69 Å². The zero-order chi connectivity index (χ0) is 19.5. The molecule has 0 saturated heterocycles. The largest absolute Gasteiger partial charge is 0.508 e. The van der Waals surface area contributed by atoms with E-state index in [1.54, 1.807) is 42.5 Å². The van der Waals surface area contributed by atoms with Crippen molar-refractivity contribution in [2.75, 3.05) is 7.11 Å². The van der Waals surface area contributed by atoms with E-state index in [2.05, 4.69) is 0 Å². The average molecular weight is 371 g/mol. The molecule has 0 unspecified atom stereocenters. The summed E-state index contributed by atoms with van der Waals surface area (Å²) in [6, 6.07) is 23.3. The minimum absolute atomic E-state index is 0.132. The molecule has 1 aromatic heterocycles. The molecule has 0 atom stereocenters. The number of benzene rings is 3. The molecule has 0 amide bonds. The Morgan fingerprint density at radius 3 is 2.43 bits per heavy atom. The molecule has 4 aromatic rings. The Hall–Kier alpha value is -3.86. The molecule has 0 aliphatic carbocycles. The van der Waals surface area contributed by atoms with E-state index in [1.165, 1.54) is 7.11 Å².